The molecule has 2 aromatic heterocycles. The van der Waals surface area contributed by atoms with Gasteiger partial charge in [-0.25, -0.2) is 23.7 Å². The van der Waals surface area contributed by atoms with Crippen LogP contribution in [-0.2, 0) is 7.05 Å². The van der Waals surface area contributed by atoms with Gasteiger partial charge in [0, 0.05) is 38.5 Å². The Morgan fingerprint density at radius 2 is 1.86 bits per heavy atom. The Labute approximate surface area is 159 Å². The summed E-state index contributed by atoms with van der Waals surface area (Å²) < 4.78 is 28.7. The van der Waals surface area contributed by atoms with Crippen LogP contribution in [0.25, 0.3) is 17.0 Å². The maximum absolute atomic E-state index is 13.6. The fourth-order valence-electron chi connectivity index (χ4n) is 3.25. The molecular weight excluding hydrogens is 364 g/mol. The first-order valence-electron chi connectivity index (χ1n) is 8.76. The molecule has 0 radical (unpaired) electrons. The molecule has 0 spiro atoms. The number of hydrogen-bond acceptors (Lipinski definition) is 5. The third kappa shape index (κ3) is 3.53. The molecule has 4 rings (SSSR count). The molecule has 1 aromatic carbocycles. The third-order valence-corrected chi connectivity index (χ3v) is 4.62. The molecule has 1 aliphatic heterocycles. The van der Waals surface area contributed by atoms with E-state index in [1.54, 1.807) is 19.3 Å². The van der Waals surface area contributed by atoms with Crippen LogP contribution in [0, 0.1) is 11.6 Å². The summed E-state index contributed by atoms with van der Waals surface area (Å²) in [5.74, 6) is -0.766. The zero-order valence-electron chi connectivity index (χ0n) is 15.1. The molecule has 0 bridgehead atoms. The van der Waals surface area contributed by atoms with Crippen molar-refractivity contribution in [1.29, 1.82) is 0 Å². The zero-order valence-corrected chi connectivity index (χ0v) is 15.1. The summed E-state index contributed by atoms with van der Waals surface area (Å²) >= 11 is 0. The standard InChI is InChI=1S/C20H17F2N5O/c1-26-19(28)10-18(17-4-5-23-12-24-17)25-20(26)27-6-2-3-13(11-27)14-7-15(21)9-16(22)8-14/h3-5,7-10,12H,2,6,11H2,1H3. The maximum Gasteiger partial charge on any atom is 0.255 e. The summed E-state index contributed by atoms with van der Waals surface area (Å²) in [5.41, 5.74) is 2.05. The van der Waals surface area contributed by atoms with Crippen molar-refractivity contribution in [3.8, 4) is 11.4 Å². The van der Waals surface area contributed by atoms with E-state index >= 15 is 0 Å². The van der Waals surface area contributed by atoms with E-state index in [-0.39, 0.29) is 5.56 Å². The van der Waals surface area contributed by atoms with Crippen molar-refractivity contribution in [1.82, 2.24) is 19.5 Å². The summed E-state index contributed by atoms with van der Waals surface area (Å²) in [6.07, 6.45) is 5.61. The summed E-state index contributed by atoms with van der Waals surface area (Å²) in [4.78, 5) is 27.0. The summed E-state index contributed by atoms with van der Waals surface area (Å²) in [6, 6.07) is 6.57. The molecule has 3 heterocycles. The second-order valence-electron chi connectivity index (χ2n) is 6.53. The van der Waals surface area contributed by atoms with E-state index in [1.165, 1.54) is 29.1 Å². The quantitative estimate of drug-likeness (QED) is 0.698. The Bertz CT molecular complexity index is 1090. The van der Waals surface area contributed by atoms with E-state index in [0.29, 0.717) is 42.4 Å². The van der Waals surface area contributed by atoms with Crippen LogP contribution in [-0.4, -0.2) is 32.6 Å². The molecule has 1 aliphatic rings. The number of benzene rings is 1. The number of rotatable bonds is 3. The van der Waals surface area contributed by atoms with Crippen molar-refractivity contribution in [2.75, 3.05) is 18.0 Å². The third-order valence-electron chi connectivity index (χ3n) is 4.62. The Morgan fingerprint density at radius 1 is 1.07 bits per heavy atom. The lowest BCUT2D eigenvalue weighted by Crippen LogP contribution is -2.35. The van der Waals surface area contributed by atoms with Gasteiger partial charge < -0.3 is 4.90 Å². The van der Waals surface area contributed by atoms with E-state index < -0.39 is 11.6 Å². The van der Waals surface area contributed by atoms with E-state index in [9.17, 15) is 13.6 Å². The summed E-state index contributed by atoms with van der Waals surface area (Å²) in [7, 11) is 1.65. The Hall–Kier alpha value is -3.42. The van der Waals surface area contributed by atoms with Crippen LogP contribution in [0.4, 0.5) is 14.7 Å². The molecule has 6 nitrogen and oxygen atoms in total. The van der Waals surface area contributed by atoms with Crippen molar-refractivity contribution >= 4 is 11.5 Å². The lowest BCUT2D eigenvalue weighted by molar-refractivity contribution is 0.582. The van der Waals surface area contributed by atoms with Gasteiger partial charge in [0.15, 0.2) is 0 Å². The van der Waals surface area contributed by atoms with Gasteiger partial charge in [-0.2, -0.15) is 0 Å². The van der Waals surface area contributed by atoms with Gasteiger partial charge in [-0.3, -0.25) is 9.36 Å². The van der Waals surface area contributed by atoms with Crippen LogP contribution in [0.5, 0.6) is 0 Å². The van der Waals surface area contributed by atoms with E-state index in [1.807, 2.05) is 11.0 Å². The first-order chi connectivity index (χ1) is 13.5. The Balaban J connectivity index is 1.70. The van der Waals surface area contributed by atoms with Crippen LogP contribution in [0.3, 0.4) is 0 Å². The van der Waals surface area contributed by atoms with E-state index in [4.69, 9.17) is 0 Å². The molecule has 0 amide bonds. The molecule has 8 heteroatoms. The van der Waals surface area contributed by atoms with Gasteiger partial charge in [-0.15, -0.1) is 0 Å². The normalized spacial score (nSPS) is 14.1. The topological polar surface area (TPSA) is 63.9 Å². The predicted molar refractivity (Wildman–Crippen MR) is 102 cm³/mol. The lowest BCUT2D eigenvalue weighted by Gasteiger charge is -2.30. The summed E-state index contributed by atoms with van der Waals surface area (Å²) in [6.45, 7) is 1.02. The fourth-order valence-corrected chi connectivity index (χ4v) is 3.25. The molecule has 0 saturated carbocycles. The number of halogens is 2. The minimum absolute atomic E-state index is 0.216. The Morgan fingerprint density at radius 3 is 2.57 bits per heavy atom. The molecule has 0 N–H and O–H groups in total. The van der Waals surface area contributed by atoms with Crippen LogP contribution in [0.2, 0.25) is 0 Å². The second-order valence-corrected chi connectivity index (χ2v) is 6.53. The van der Waals surface area contributed by atoms with Crippen LogP contribution in [0.1, 0.15) is 12.0 Å². The average molecular weight is 381 g/mol. The molecule has 28 heavy (non-hydrogen) atoms. The molecule has 0 unspecified atom stereocenters. The van der Waals surface area contributed by atoms with Gasteiger partial charge in [-0.1, -0.05) is 6.08 Å². The van der Waals surface area contributed by atoms with Gasteiger partial charge >= 0.3 is 0 Å². The number of hydrogen-bond donors (Lipinski definition) is 0. The zero-order chi connectivity index (χ0) is 19.7. The molecule has 142 valence electrons. The summed E-state index contributed by atoms with van der Waals surface area (Å²) in [5, 5.41) is 0. The molecular formula is C20H17F2N5O. The van der Waals surface area contributed by atoms with E-state index in [2.05, 4.69) is 15.0 Å². The smallest absolute Gasteiger partial charge is 0.255 e. The number of nitrogens with zero attached hydrogens (tertiary/aromatic N) is 5. The van der Waals surface area contributed by atoms with Crippen molar-refractivity contribution in [3.63, 3.8) is 0 Å². The van der Waals surface area contributed by atoms with Gasteiger partial charge in [0.1, 0.15) is 18.0 Å². The fraction of sp³-hybridized carbons (Fsp3) is 0.200. The lowest BCUT2D eigenvalue weighted by atomic mass is 10.0. The molecule has 3 aromatic rings. The van der Waals surface area contributed by atoms with Crippen LogP contribution in [0.15, 0.2) is 53.7 Å². The SMILES string of the molecule is Cn1c(N2CCC=C(c3cc(F)cc(F)c3)C2)nc(-c2ccncn2)cc1=O. The second kappa shape index (κ2) is 7.30. The first-order valence-corrected chi connectivity index (χ1v) is 8.76. The van der Waals surface area contributed by atoms with Gasteiger partial charge in [0.05, 0.1) is 11.4 Å². The molecule has 0 saturated heterocycles. The van der Waals surface area contributed by atoms with Crippen molar-refractivity contribution in [2.24, 2.45) is 7.05 Å². The van der Waals surface area contributed by atoms with Gasteiger partial charge in [0.2, 0.25) is 5.95 Å². The molecule has 0 atom stereocenters. The van der Waals surface area contributed by atoms with Crippen LogP contribution >= 0.6 is 0 Å². The minimum atomic E-state index is -0.621. The monoisotopic (exact) mass is 381 g/mol. The van der Waals surface area contributed by atoms with Crippen molar-refractivity contribution in [3.05, 3.63) is 76.5 Å². The highest BCUT2D eigenvalue weighted by Gasteiger charge is 2.20. The van der Waals surface area contributed by atoms with E-state index in [0.717, 1.165) is 11.6 Å². The maximum atomic E-state index is 13.6. The highest BCUT2D eigenvalue weighted by Crippen LogP contribution is 2.26. The van der Waals surface area contributed by atoms with Gasteiger partial charge in [-0.05, 0) is 35.8 Å². The Kier molecular flexibility index (Phi) is 4.68. The minimum Gasteiger partial charge on any atom is -0.338 e. The van der Waals surface area contributed by atoms with Crippen molar-refractivity contribution < 1.29 is 8.78 Å². The first kappa shape index (κ1) is 18.0. The molecule has 0 fully saturated rings. The molecule has 0 aliphatic carbocycles. The van der Waals surface area contributed by atoms with Gasteiger partial charge in [0.25, 0.3) is 5.56 Å². The average Bonchev–Trinajstić information content (AvgIpc) is 2.70. The van der Waals surface area contributed by atoms with Crippen molar-refractivity contribution in [2.45, 2.75) is 6.42 Å². The predicted octanol–water partition coefficient (Wildman–Crippen LogP) is 2.81. The van der Waals surface area contributed by atoms with Crippen LogP contribution < -0.4 is 10.5 Å². The highest BCUT2D eigenvalue weighted by molar-refractivity contribution is 5.71. The largest absolute Gasteiger partial charge is 0.338 e. The number of anilines is 1. The highest BCUT2D eigenvalue weighted by atomic mass is 19.1. The number of aromatic nitrogens is 4.